The van der Waals surface area contributed by atoms with Gasteiger partial charge in [0, 0.05) is 24.0 Å². The Morgan fingerprint density at radius 3 is 2.56 bits per heavy atom. The number of pyridine rings is 1. The topological polar surface area (TPSA) is 71.2 Å². The normalized spacial score (nSPS) is 10.5. The smallest absolute Gasteiger partial charge is 0.259 e. The van der Waals surface area contributed by atoms with E-state index in [1.807, 2.05) is 0 Å². The van der Waals surface area contributed by atoms with Crippen molar-refractivity contribution in [2.24, 2.45) is 0 Å². The molecule has 0 fully saturated rings. The van der Waals surface area contributed by atoms with Crippen LogP contribution in [0.5, 0.6) is 11.5 Å². The van der Waals surface area contributed by atoms with Gasteiger partial charge in [0.05, 0.1) is 5.56 Å². The lowest BCUT2D eigenvalue weighted by atomic mass is 10.1. The molecule has 0 atom stereocenters. The molecule has 3 rings (SSSR count). The fraction of sp³-hybridized carbons (Fsp3) is 0.0526. The summed E-state index contributed by atoms with van der Waals surface area (Å²) in [6, 6.07) is 9.26. The lowest BCUT2D eigenvalue weighted by Crippen LogP contribution is -2.15. The number of anilines is 1. The summed E-state index contributed by atoms with van der Waals surface area (Å²) >= 11 is 0. The number of aromatic amines is 1. The van der Waals surface area contributed by atoms with Crippen LogP contribution in [0, 0.1) is 11.6 Å². The van der Waals surface area contributed by atoms with Gasteiger partial charge in [0.2, 0.25) is 5.56 Å². The minimum atomic E-state index is -0.971. The number of alkyl halides is 1. The van der Waals surface area contributed by atoms with Crippen molar-refractivity contribution in [3.05, 3.63) is 87.8 Å². The van der Waals surface area contributed by atoms with Gasteiger partial charge < -0.3 is 15.0 Å². The van der Waals surface area contributed by atoms with Crippen LogP contribution in [0.4, 0.5) is 18.9 Å². The monoisotopic (exact) mass is 374 g/mol. The maximum Gasteiger partial charge on any atom is 0.259 e. The Morgan fingerprint density at radius 1 is 1.04 bits per heavy atom. The molecule has 0 spiro atoms. The molecule has 0 saturated heterocycles. The highest BCUT2D eigenvalue weighted by atomic mass is 19.1. The van der Waals surface area contributed by atoms with Crippen molar-refractivity contribution >= 4 is 11.6 Å². The summed E-state index contributed by atoms with van der Waals surface area (Å²) in [5.41, 5.74) is 0.0131. The van der Waals surface area contributed by atoms with E-state index >= 15 is 0 Å². The number of carbonyl (C=O) groups is 1. The lowest BCUT2D eigenvalue weighted by molar-refractivity contribution is 0.102. The largest absolute Gasteiger partial charge is 0.453 e. The highest BCUT2D eigenvalue weighted by Gasteiger charge is 2.16. The van der Waals surface area contributed by atoms with Gasteiger partial charge >= 0.3 is 0 Å². The van der Waals surface area contributed by atoms with Gasteiger partial charge in [0.25, 0.3) is 5.91 Å². The van der Waals surface area contributed by atoms with Crippen LogP contribution in [0.15, 0.2) is 59.5 Å². The first-order valence-corrected chi connectivity index (χ1v) is 7.78. The first-order valence-electron chi connectivity index (χ1n) is 7.78. The van der Waals surface area contributed by atoms with Crippen LogP contribution in [0.1, 0.15) is 15.9 Å². The summed E-state index contributed by atoms with van der Waals surface area (Å²) < 4.78 is 45.3. The van der Waals surface area contributed by atoms with Gasteiger partial charge in [-0.25, -0.2) is 13.2 Å². The van der Waals surface area contributed by atoms with Crippen LogP contribution < -0.4 is 15.6 Å². The Morgan fingerprint density at radius 2 is 1.85 bits per heavy atom. The first-order chi connectivity index (χ1) is 13.0. The molecule has 0 aliphatic carbocycles. The number of aromatic nitrogens is 1. The summed E-state index contributed by atoms with van der Waals surface area (Å²) in [7, 11) is 0. The lowest BCUT2D eigenvalue weighted by Gasteiger charge is -2.13. The van der Waals surface area contributed by atoms with E-state index in [-0.39, 0.29) is 28.3 Å². The molecular weight excluding hydrogens is 361 g/mol. The molecule has 0 saturated carbocycles. The van der Waals surface area contributed by atoms with Crippen molar-refractivity contribution in [1.29, 1.82) is 0 Å². The van der Waals surface area contributed by atoms with Crippen molar-refractivity contribution < 1.29 is 22.7 Å². The van der Waals surface area contributed by atoms with Gasteiger partial charge in [-0.2, -0.15) is 0 Å². The number of H-pyrrole nitrogens is 1. The molecule has 0 bridgehead atoms. The molecular formula is C19H13F3N2O3. The zero-order valence-electron chi connectivity index (χ0n) is 13.8. The minimum absolute atomic E-state index is 0.0174. The highest BCUT2D eigenvalue weighted by Crippen LogP contribution is 2.30. The van der Waals surface area contributed by atoms with Crippen LogP contribution >= 0.6 is 0 Å². The molecule has 27 heavy (non-hydrogen) atoms. The maximum atomic E-state index is 13.9. The Labute approximate surface area is 151 Å². The molecule has 2 aromatic carbocycles. The van der Waals surface area contributed by atoms with Crippen LogP contribution in [0.3, 0.4) is 0 Å². The maximum absolute atomic E-state index is 13.9. The number of amides is 1. The average Bonchev–Trinajstić information content (AvgIpc) is 2.64. The molecule has 0 aliphatic rings. The molecule has 1 aromatic heterocycles. The number of halogens is 3. The molecule has 1 amide bonds. The third kappa shape index (κ3) is 4.35. The number of hydrogen-bond acceptors (Lipinski definition) is 3. The molecule has 8 heteroatoms. The fourth-order valence-electron chi connectivity index (χ4n) is 2.32. The van der Waals surface area contributed by atoms with E-state index in [2.05, 4.69) is 10.3 Å². The second kappa shape index (κ2) is 7.77. The minimum Gasteiger partial charge on any atom is -0.453 e. The number of carbonyl (C=O) groups excluding carboxylic acids is 1. The number of ether oxygens (including phenoxy) is 1. The molecule has 0 aliphatic heterocycles. The van der Waals surface area contributed by atoms with Crippen LogP contribution in [-0.2, 0) is 6.67 Å². The molecule has 0 radical (unpaired) electrons. The summed E-state index contributed by atoms with van der Waals surface area (Å²) in [5, 5.41) is 2.50. The van der Waals surface area contributed by atoms with Gasteiger partial charge in [-0.15, -0.1) is 0 Å². The van der Waals surface area contributed by atoms with Crippen molar-refractivity contribution in [3.63, 3.8) is 0 Å². The van der Waals surface area contributed by atoms with E-state index in [0.29, 0.717) is 6.07 Å². The predicted molar refractivity (Wildman–Crippen MR) is 92.7 cm³/mol. The van der Waals surface area contributed by atoms with Gasteiger partial charge in [-0.1, -0.05) is 6.07 Å². The second-order valence-corrected chi connectivity index (χ2v) is 5.54. The predicted octanol–water partition coefficient (Wildman–Crippen LogP) is 4.17. The molecule has 5 nitrogen and oxygen atoms in total. The summed E-state index contributed by atoms with van der Waals surface area (Å²) in [6.07, 6.45) is 1.36. The fourth-order valence-corrected chi connectivity index (χ4v) is 2.32. The molecule has 0 unspecified atom stereocenters. The number of hydrogen-bond donors (Lipinski definition) is 2. The zero-order valence-corrected chi connectivity index (χ0v) is 13.8. The summed E-state index contributed by atoms with van der Waals surface area (Å²) in [6.45, 7) is -0.821. The van der Waals surface area contributed by atoms with Crippen molar-refractivity contribution in [2.45, 2.75) is 6.67 Å². The number of nitrogens with one attached hydrogen (secondary N) is 2. The Hall–Kier alpha value is -3.55. The highest BCUT2D eigenvalue weighted by molar-refractivity contribution is 6.06. The van der Waals surface area contributed by atoms with Crippen molar-refractivity contribution in [1.82, 2.24) is 4.98 Å². The van der Waals surface area contributed by atoms with E-state index in [1.54, 1.807) is 0 Å². The van der Waals surface area contributed by atoms with E-state index < -0.39 is 29.8 Å². The number of benzene rings is 2. The molecule has 2 N–H and O–H groups in total. The van der Waals surface area contributed by atoms with Crippen LogP contribution in [-0.4, -0.2) is 10.9 Å². The Kier molecular flexibility index (Phi) is 5.25. The third-order valence-corrected chi connectivity index (χ3v) is 3.59. The summed E-state index contributed by atoms with van der Waals surface area (Å²) in [5.74, 6) is -2.84. The van der Waals surface area contributed by atoms with E-state index in [1.165, 1.54) is 36.5 Å². The standard InChI is InChI=1S/C19H13F3N2O3/c20-10-11-1-3-14(19(26)24-13-5-6-23-18(25)9-13)17(7-11)27-16-4-2-12(21)8-15(16)22/h1-9H,10H2,(H2,23,24,25,26). The zero-order chi connectivity index (χ0) is 19.4. The molecule has 1 heterocycles. The Bertz CT molecular complexity index is 1050. The van der Waals surface area contributed by atoms with Crippen LogP contribution in [0.25, 0.3) is 0 Å². The van der Waals surface area contributed by atoms with Gasteiger partial charge in [0.15, 0.2) is 11.6 Å². The van der Waals surface area contributed by atoms with Gasteiger partial charge in [-0.05, 0) is 35.9 Å². The number of rotatable bonds is 5. The summed E-state index contributed by atoms with van der Waals surface area (Å²) in [4.78, 5) is 26.3. The third-order valence-electron chi connectivity index (χ3n) is 3.59. The molecule has 138 valence electrons. The van der Waals surface area contributed by atoms with E-state index in [9.17, 15) is 22.8 Å². The molecule has 3 aromatic rings. The van der Waals surface area contributed by atoms with Gasteiger partial charge in [-0.3, -0.25) is 9.59 Å². The Balaban J connectivity index is 1.94. The van der Waals surface area contributed by atoms with Crippen molar-refractivity contribution in [3.8, 4) is 11.5 Å². The second-order valence-electron chi connectivity index (χ2n) is 5.54. The van der Waals surface area contributed by atoms with E-state index in [4.69, 9.17) is 4.74 Å². The quantitative estimate of drug-likeness (QED) is 0.704. The van der Waals surface area contributed by atoms with Crippen LogP contribution in [0.2, 0.25) is 0 Å². The van der Waals surface area contributed by atoms with Crippen molar-refractivity contribution in [2.75, 3.05) is 5.32 Å². The van der Waals surface area contributed by atoms with Gasteiger partial charge in [0.1, 0.15) is 18.2 Å². The van der Waals surface area contributed by atoms with E-state index in [0.717, 1.165) is 12.1 Å². The average molecular weight is 374 g/mol. The SMILES string of the molecule is O=C(Nc1cc[nH]c(=O)c1)c1ccc(CF)cc1Oc1ccc(F)cc1F. The first kappa shape index (κ1) is 18.2.